The van der Waals surface area contributed by atoms with E-state index in [4.69, 9.17) is 5.84 Å². The van der Waals surface area contributed by atoms with Crippen LogP contribution in [0.15, 0.2) is 0 Å². The first-order valence-electron chi connectivity index (χ1n) is 5.06. The van der Waals surface area contributed by atoms with Gasteiger partial charge in [-0.25, -0.2) is 8.42 Å². The summed E-state index contributed by atoms with van der Waals surface area (Å²) in [5.41, 5.74) is 2.66. The zero-order valence-corrected chi connectivity index (χ0v) is 11.3. The summed E-state index contributed by atoms with van der Waals surface area (Å²) in [5, 5.41) is 0. The molecule has 0 aliphatic carbocycles. The quantitative estimate of drug-likeness (QED) is 0.491. The van der Waals surface area contributed by atoms with Crippen molar-refractivity contribution in [2.45, 2.75) is 26.3 Å². The molecule has 15 heavy (non-hydrogen) atoms. The van der Waals surface area contributed by atoms with Crippen LogP contribution in [-0.2, 0) is 9.84 Å². The Morgan fingerprint density at radius 2 is 1.93 bits per heavy atom. The topological polar surface area (TPSA) is 72.2 Å². The molecular weight excluding hydrogens is 232 g/mol. The minimum absolute atomic E-state index is 0.0866. The van der Waals surface area contributed by atoms with E-state index < -0.39 is 9.84 Å². The minimum Gasteiger partial charge on any atom is -0.271 e. The van der Waals surface area contributed by atoms with Crippen molar-refractivity contribution in [1.29, 1.82) is 0 Å². The van der Waals surface area contributed by atoms with Gasteiger partial charge in [0.1, 0.15) is 9.84 Å². The molecule has 3 N–H and O–H groups in total. The SMILES string of the molecule is CC(C)CSCC(CCS(C)(=O)=O)NN. The number of hydrazine groups is 1. The Morgan fingerprint density at radius 1 is 1.33 bits per heavy atom. The van der Waals surface area contributed by atoms with Crippen LogP contribution in [-0.4, -0.2) is 38.0 Å². The first-order chi connectivity index (χ1) is 6.85. The van der Waals surface area contributed by atoms with E-state index in [0.717, 1.165) is 11.5 Å². The van der Waals surface area contributed by atoms with Gasteiger partial charge in [0.2, 0.25) is 0 Å². The second kappa shape index (κ2) is 7.49. The van der Waals surface area contributed by atoms with Crippen LogP contribution in [0.5, 0.6) is 0 Å². The van der Waals surface area contributed by atoms with E-state index in [1.165, 1.54) is 6.26 Å². The molecular formula is C9H22N2O2S2. The lowest BCUT2D eigenvalue weighted by Crippen LogP contribution is -2.38. The van der Waals surface area contributed by atoms with Crippen LogP contribution in [0, 0.1) is 5.92 Å². The molecule has 92 valence electrons. The predicted octanol–water partition coefficient (Wildman–Crippen LogP) is 0.642. The van der Waals surface area contributed by atoms with E-state index in [9.17, 15) is 8.42 Å². The summed E-state index contributed by atoms with van der Waals surface area (Å²) >= 11 is 1.81. The molecule has 0 saturated carbocycles. The van der Waals surface area contributed by atoms with Crippen molar-refractivity contribution < 1.29 is 8.42 Å². The molecule has 0 aliphatic heterocycles. The van der Waals surface area contributed by atoms with Crippen molar-refractivity contribution in [2.75, 3.05) is 23.5 Å². The molecule has 0 saturated heterocycles. The van der Waals surface area contributed by atoms with Crippen LogP contribution in [0.4, 0.5) is 0 Å². The molecule has 0 aromatic rings. The monoisotopic (exact) mass is 254 g/mol. The molecule has 0 rings (SSSR count). The van der Waals surface area contributed by atoms with Crippen molar-refractivity contribution in [2.24, 2.45) is 11.8 Å². The summed E-state index contributed by atoms with van der Waals surface area (Å²) in [6, 6.07) is 0.0866. The zero-order valence-electron chi connectivity index (χ0n) is 9.69. The Balaban J connectivity index is 3.74. The van der Waals surface area contributed by atoms with Gasteiger partial charge in [-0.3, -0.25) is 11.3 Å². The van der Waals surface area contributed by atoms with Gasteiger partial charge in [0, 0.05) is 18.1 Å². The maximum absolute atomic E-state index is 11.0. The van der Waals surface area contributed by atoms with Gasteiger partial charge in [0.05, 0.1) is 5.75 Å². The van der Waals surface area contributed by atoms with Crippen molar-refractivity contribution in [3.8, 4) is 0 Å². The standard InChI is InChI=1S/C9H22N2O2S2/c1-8(2)6-14-7-9(11-10)4-5-15(3,12)13/h8-9,11H,4-7,10H2,1-3H3. The van der Waals surface area contributed by atoms with E-state index in [-0.39, 0.29) is 11.8 Å². The molecule has 1 unspecified atom stereocenters. The maximum Gasteiger partial charge on any atom is 0.147 e. The maximum atomic E-state index is 11.0. The van der Waals surface area contributed by atoms with E-state index >= 15 is 0 Å². The van der Waals surface area contributed by atoms with Crippen LogP contribution in [0.1, 0.15) is 20.3 Å². The van der Waals surface area contributed by atoms with E-state index in [2.05, 4.69) is 19.3 Å². The Kier molecular flexibility index (Phi) is 7.60. The normalized spacial score (nSPS) is 14.5. The van der Waals surface area contributed by atoms with Gasteiger partial charge in [-0.15, -0.1) is 0 Å². The van der Waals surface area contributed by atoms with Crippen LogP contribution in [0.25, 0.3) is 0 Å². The highest BCUT2D eigenvalue weighted by Crippen LogP contribution is 2.10. The Bertz CT molecular complexity index is 253. The molecule has 6 heteroatoms. The molecule has 0 heterocycles. The van der Waals surface area contributed by atoms with Crippen molar-refractivity contribution in [3.05, 3.63) is 0 Å². The highest BCUT2D eigenvalue weighted by molar-refractivity contribution is 7.99. The molecule has 0 amide bonds. The van der Waals surface area contributed by atoms with Crippen LogP contribution >= 0.6 is 11.8 Å². The number of sulfone groups is 1. The molecule has 4 nitrogen and oxygen atoms in total. The first kappa shape index (κ1) is 15.2. The van der Waals surface area contributed by atoms with Crippen molar-refractivity contribution >= 4 is 21.6 Å². The lowest BCUT2D eigenvalue weighted by Gasteiger charge is -2.15. The number of nitrogens with two attached hydrogens (primary N) is 1. The third-order valence-electron chi connectivity index (χ3n) is 1.84. The van der Waals surface area contributed by atoms with E-state index in [1.54, 1.807) is 0 Å². The van der Waals surface area contributed by atoms with Crippen LogP contribution in [0.3, 0.4) is 0 Å². The van der Waals surface area contributed by atoms with Gasteiger partial charge in [0.15, 0.2) is 0 Å². The fourth-order valence-electron chi connectivity index (χ4n) is 1.02. The second-order valence-corrected chi connectivity index (χ2v) is 7.55. The second-order valence-electron chi connectivity index (χ2n) is 4.21. The molecule has 0 aliphatic rings. The molecule has 0 spiro atoms. The summed E-state index contributed by atoms with van der Waals surface area (Å²) in [5.74, 6) is 8.16. The number of hydrogen-bond acceptors (Lipinski definition) is 5. The summed E-state index contributed by atoms with van der Waals surface area (Å²) in [7, 11) is -2.88. The van der Waals surface area contributed by atoms with E-state index in [1.807, 2.05) is 11.8 Å². The lowest BCUT2D eigenvalue weighted by atomic mass is 10.3. The van der Waals surface area contributed by atoms with E-state index in [0.29, 0.717) is 12.3 Å². The minimum atomic E-state index is -2.88. The zero-order chi connectivity index (χ0) is 11.9. The van der Waals surface area contributed by atoms with Crippen molar-refractivity contribution in [1.82, 2.24) is 5.43 Å². The molecule has 0 aromatic heterocycles. The molecule has 0 fully saturated rings. The first-order valence-corrected chi connectivity index (χ1v) is 8.28. The predicted molar refractivity (Wildman–Crippen MR) is 67.6 cm³/mol. The summed E-state index contributed by atoms with van der Waals surface area (Å²) in [6.07, 6.45) is 1.84. The fourth-order valence-corrected chi connectivity index (χ4v) is 2.88. The summed E-state index contributed by atoms with van der Waals surface area (Å²) in [4.78, 5) is 0. The number of thioether (sulfide) groups is 1. The van der Waals surface area contributed by atoms with Crippen LogP contribution < -0.4 is 11.3 Å². The van der Waals surface area contributed by atoms with Gasteiger partial charge in [-0.05, 0) is 18.1 Å². The largest absolute Gasteiger partial charge is 0.271 e. The van der Waals surface area contributed by atoms with Crippen molar-refractivity contribution in [3.63, 3.8) is 0 Å². The number of hydrogen-bond donors (Lipinski definition) is 2. The van der Waals surface area contributed by atoms with Gasteiger partial charge in [-0.1, -0.05) is 13.8 Å². The Hall–Kier alpha value is 0.220. The Labute approximate surface area is 97.3 Å². The molecule has 0 radical (unpaired) electrons. The number of rotatable bonds is 8. The number of nitrogens with one attached hydrogen (secondary N) is 1. The average molecular weight is 254 g/mol. The third kappa shape index (κ3) is 10.5. The lowest BCUT2D eigenvalue weighted by molar-refractivity contribution is 0.549. The van der Waals surface area contributed by atoms with Gasteiger partial charge < -0.3 is 0 Å². The molecule has 0 bridgehead atoms. The molecule has 0 aromatic carbocycles. The van der Waals surface area contributed by atoms with Gasteiger partial charge >= 0.3 is 0 Å². The van der Waals surface area contributed by atoms with Crippen LogP contribution in [0.2, 0.25) is 0 Å². The summed E-state index contributed by atoms with van der Waals surface area (Å²) in [6.45, 7) is 4.32. The highest BCUT2D eigenvalue weighted by Gasteiger charge is 2.11. The third-order valence-corrected chi connectivity index (χ3v) is 4.36. The summed E-state index contributed by atoms with van der Waals surface area (Å²) < 4.78 is 21.9. The average Bonchev–Trinajstić information content (AvgIpc) is 2.08. The highest BCUT2D eigenvalue weighted by atomic mass is 32.2. The Morgan fingerprint density at radius 3 is 2.33 bits per heavy atom. The molecule has 1 atom stereocenters. The van der Waals surface area contributed by atoms with Gasteiger partial charge in [0.25, 0.3) is 0 Å². The van der Waals surface area contributed by atoms with Gasteiger partial charge in [-0.2, -0.15) is 11.8 Å². The fraction of sp³-hybridized carbons (Fsp3) is 1.00. The smallest absolute Gasteiger partial charge is 0.147 e.